The van der Waals surface area contributed by atoms with Gasteiger partial charge in [-0.1, -0.05) is 24.3 Å². The summed E-state index contributed by atoms with van der Waals surface area (Å²) in [6.07, 6.45) is 4.05. The molecule has 2 heterocycles. The summed E-state index contributed by atoms with van der Waals surface area (Å²) >= 11 is 0. The number of likely N-dealkylation sites (tertiary alicyclic amines) is 1. The minimum Gasteiger partial charge on any atom is -0.313 e. The Morgan fingerprint density at radius 2 is 1.90 bits per heavy atom. The zero-order valence-electron chi connectivity index (χ0n) is 11.7. The summed E-state index contributed by atoms with van der Waals surface area (Å²) in [5, 5.41) is 0. The molecule has 0 amide bonds. The average molecular weight is 269 g/mol. The van der Waals surface area contributed by atoms with Gasteiger partial charge in [0.15, 0.2) is 0 Å². The fourth-order valence-electron chi connectivity index (χ4n) is 2.80. The molecule has 4 nitrogen and oxygen atoms in total. The maximum Gasteiger partial charge on any atom is 0.251 e. The monoisotopic (exact) mass is 269 g/mol. The van der Waals surface area contributed by atoms with E-state index in [0.29, 0.717) is 11.7 Å². The average Bonchev–Trinajstić information content (AvgIpc) is 3.01. The Labute approximate surface area is 118 Å². The molecule has 0 radical (unpaired) electrons. The maximum atomic E-state index is 11.3. The Bertz CT molecular complexity index is 627. The first-order valence-corrected chi connectivity index (χ1v) is 7.13. The van der Waals surface area contributed by atoms with E-state index in [1.807, 2.05) is 12.1 Å². The normalized spacial score (nSPS) is 17.2. The minimum atomic E-state index is -0.121. The topological polar surface area (TPSA) is 49.0 Å². The molecule has 0 aliphatic carbocycles. The Kier molecular flexibility index (Phi) is 3.65. The second-order valence-corrected chi connectivity index (χ2v) is 5.34. The van der Waals surface area contributed by atoms with Crippen molar-refractivity contribution in [3.63, 3.8) is 0 Å². The van der Waals surface area contributed by atoms with Crippen molar-refractivity contribution in [2.75, 3.05) is 13.1 Å². The standard InChI is InChI=1S/C16H19N3O/c1-12(19-8-2-3-9-19)13-4-6-14(7-5-13)15-10-16(20)18-11-17-15/h4-7,10-12H,2-3,8-9H2,1H3,(H,17,18,20)/t12-/m1/s1. The third-order valence-electron chi connectivity index (χ3n) is 4.06. The van der Waals surface area contributed by atoms with Gasteiger partial charge in [-0.2, -0.15) is 0 Å². The molecule has 1 fully saturated rings. The van der Waals surface area contributed by atoms with E-state index in [1.165, 1.54) is 43.9 Å². The van der Waals surface area contributed by atoms with Gasteiger partial charge in [0.25, 0.3) is 5.56 Å². The van der Waals surface area contributed by atoms with Crippen LogP contribution in [-0.4, -0.2) is 28.0 Å². The van der Waals surface area contributed by atoms with E-state index >= 15 is 0 Å². The molecule has 1 aromatic heterocycles. The summed E-state index contributed by atoms with van der Waals surface area (Å²) < 4.78 is 0. The molecule has 1 aliphatic heterocycles. The Hall–Kier alpha value is -1.94. The molecular weight excluding hydrogens is 250 g/mol. The summed E-state index contributed by atoms with van der Waals surface area (Å²) in [5.74, 6) is 0. The van der Waals surface area contributed by atoms with Crippen molar-refractivity contribution in [1.29, 1.82) is 0 Å². The maximum absolute atomic E-state index is 11.3. The molecule has 3 rings (SSSR count). The first-order valence-electron chi connectivity index (χ1n) is 7.13. The van der Waals surface area contributed by atoms with Crippen LogP contribution in [0.25, 0.3) is 11.3 Å². The number of aromatic amines is 1. The molecule has 0 spiro atoms. The molecule has 4 heteroatoms. The number of rotatable bonds is 3. The van der Waals surface area contributed by atoms with Crippen LogP contribution < -0.4 is 5.56 Å². The molecule has 0 unspecified atom stereocenters. The van der Waals surface area contributed by atoms with E-state index < -0.39 is 0 Å². The molecule has 1 aromatic carbocycles. The molecule has 1 saturated heterocycles. The number of hydrogen-bond acceptors (Lipinski definition) is 3. The van der Waals surface area contributed by atoms with Crippen LogP contribution in [0.5, 0.6) is 0 Å². The fraction of sp³-hybridized carbons (Fsp3) is 0.375. The number of benzene rings is 1. The van der Waals surface area contributed by atoms with Gasteiger partial charge in [0.2, 0.25) is 0 Å². The molecule has 1 N–H and O–H groups in total. The Morgan fingerprint density at radius 1 is 1.20 bits per heavy atom. The van der Waals surface area contributed by atoms with E-state index in [4.69, 9.17) is 0 Å². The summed E-state index contributed by atoms with van der Waals surface area (Å²) in [5.41, 5.74) is 2.90. The van der Waals surface area contributed by atoms with Crippen molar-refractivity contribution in [2.24, 2.45) is 0 Å². The fourth-order valence-corrected chi connectivity index (χ4v) is 2.80. The van der Waals surface area contributed by atoms with Crippen molar-refractivity contribution >= 4 is 0 Å². The predicted octanol–water partition coefficient (Wildman–Crippen LogP) is 2.59. The molecule has 1 aliphatic rings. The third kappa shape index (κ3) is 2.65. The summed E-state index contributed by atoms with van der Waals surface area (Å²) in [7, 11) is 0. The second-order valence-electron chi connectivity index (χ2n) is 5.34. The molecule has 0 saturated carbocycles. The van der Waals surface area contributed by atoms with Crippen molar-refractivity contribution in [3.05, 3.63) is 52.6 Å². The van der Waals surface area contributed by atoms with E-state index in [0.717, 1.165) is 5.56 Å². The molecule has 1 atom stereocenters. The van der Waals surface area contributed by atoms with Crippen LogP contribution in [0, 0.1) is 0 Å². The Morgan fingerprint density at radius 3 is 2.55 bits per heavy atom. The highest BCUT2D eigenvalue weighted by molar-refractivity contribution is 5.58. The first-order chi connectivity index (χ1) is 9.74. The smallest absolute Gasteiger partial charge is 0.251 e. The quantitative estimate of drug-likeness (QED) is 0.931. The van der Waals surface area contributed by atoms with Crippen molar-refractivity contribution in [3.8, 4) is 11.3 Å². The highest BCUT2D eigenvalue weighted by atomic mass is 16.1. The van der Waals surface area contributed by atoms with E-state index in [1.54, 1.807) is 0 Å². The number of nitrogens with one attached hydrogen (secondary N) is 1. The van der Waals surface area contributed by atoms with E-state index in [9.17, 15) is 4.79 Å². The van der Waals surface area contributed by atoms with Crippen LogP contribution in [-0.2, 0) is 0 Å². The summed E-state index contributed by atoms with van der Waals surface area (Å²) in [6.45, 7) is 4.64. The SMILES string of the molecule is C[C@H](c1ccc(-c2cc(=O)[nH]cn2)cc1)N1CCCC1. The lowest BCUT2D eigenvalue weighted by Crippen LogP contribution is -2.23. The second kappa shape index (κ2) is 5.59. The number of H-pyrrole nitrogens is 1. The lowest BCUT2D eigenvalue weighted by atomic mass is 10.0. The number of aromatic nitrogens is 2. The van der Waals surface area contributed by atoms with Crippen LogP contribution in [0.1, 0.15) is 31.4 Å². The van der Waals surface area contributed by atoms with Gasteiger partial charge in [-0.25, -0.2) is 4.98 Å². The molecule has 20 heavy (non-hydrogen) atoms. The largest absolute Gasteiger partial charge is 0.313 e. The third-order valence-corrected chi connectivity index (χ3v) is 4.06. The van der Waals surface area contributed by atoms with Gasteiger partial charge in [0.05, 0.1) is 12.0 Å². The number of nitrogens with zero attached hydrogens (tertiary/aromatic N) is 2. The number of hydrogen-bond donors (Lipinski definition) is 1. The lowest BCUT2D eigenvalue weighted by molar-refractivity contribution is 0.263. The predicted molar refractivity (Wildman–Crippen MR) is 79.5 cm³/mol. The van der Waals surface area contributed by atoms with Gasteiger partial charge in [-0.15, -0.1) is 0 Å². The van der Waals surface area contributed by atoms with Crippen molar-refractivity contribution in [2.45, 2.75) is 25.8 Å². The van der Waals surface area contributed by atoms with Crippen LogP contribution in [0.2, 0.25) is 0 Å². The van der Waals surface area contributed by atoms with Crippen LogP contribution in [0.4, 0.5) is 0 Å². The molecular formula is C16H19N3O. The summed E-state index contributed by atoms with van der Waals surface area (Å²) in [6, 6.07) is 10.4. The summed E-state index contributed by atoms with van der Waals surface area (Å²) in [4.78, 5) is 20.6. The molecule has 2 aromatic rings. The van der Waals surface area contributed by atoms with Crippen molar-refractivity contribution in [1.82, 2.24) is 14.9 Å². The minimum absolute atomic E-state index is 0.121. The van der Waals surface area contributed by atoms with Crippen molar-refractivity contribution < 1.29 is 0 Å². The zero-order valence-corrected chi connectivity index (χ0v) is 11.7. The molecule has 0 bridgehead atoms. The highest BCUT2D eigenvalue weighted by Crippen LogP contribution is 2.26. The van der Waals surface area contributed by atoms with Gasteiger partial charge >= 0.3 is 0 Å². The van der Waals surface area contributed by atoms with Gasteiger partial charge in [-0.3, -0.25) is 9.69 Å². The van der Waals surface area contributed by atoms with Crippen LogP contribution >= 0.6 is 0 Å². The van der Waals surface area contributed by atoms with Gasteiger partial charge in [0.1, 0.15) is 0 Å². The highest BCUT2D eigenvalue weighted by Gasteiger charge is 2.19. The van der Waals surface area contributed by atoms with Gasteiger partial charge in [0, 0.05) is 17.7 Å². The van der Waals surface area contributed by atoms with Crippen LogP contribution in [0.3, 0.4) is 0 Å². The zero-order chi connectivity index (χ0) is 13.9. The Balaban J connectivity index is 1.82. The van der Waals surface area contributed by atoms with Crippen LogP contribution in [0.15, 0.2) is 41.5 Å². The van der Waals surface area contributed by atoms with Gasteiger partial charge in [-0.05, 0) is 38.4 Å². The van der Waals surface area contributed by atoms with E-state index in [2.05, 4.69) is 33.9 Å². The lowest BCUT2D eigenvalue weighted by Gasteiger charge is -2.24. The van der Waals surface area contributed by atoms with Gasteiger partial charge < -0.3 is 4.98 Å². The van der Waals surface area contributed by atoms with E-state index in [-0.39, 0.29) is 5.56 Å². The molecule has 104 valence electrons. The first kappa shape index (κ1) is 13.1.